The molecular weight excluding hydrogens is 228 g/mol. The lowest BCUT2D eigenvalue weighted by Crippen LogP contribution is -2.24. The molecule has 0 aliphatic carbocycles. The standard InChI is InChI=1S/C13H14N4O/c14-7-9-6-8-2-1-3-10(12(8)18-9)11-4-5-16-13(15)17-11/h1-5,9H,6-7,14H2,(H2,15,16,17)/t9-/m1/s1. The lowest BCUT2D eigenvalue weighted by Gasteiger charge is -2.10. The third-order valence-corrected chi connectivity index (χ3v) is 3.04. The zero-order chi connectivity index (χ0) is 12.5. The van der Waals surface area contributed by atoms with E-state index in [0.717, 1.165) is 23.4 Å². The van der Waals surface area contributed by atoms with Crippen LogP contribution in [0, 0.1) is 0 Å². The first-order valence-corrected chi connectivity index (χ1v) is 5.85. The Kier molecular flexibility index (Phi) is 2.60. The number of nitrogens with two attached hydrogens (primary N) is 2. The highest BCUT2D eigenvalue weighted by atomic mass is 16.5. The fraction of sp³-hybridized carbons (Fsp3) is 0.231. The van der Waals surface area contributed by atoms with Crippen molar-refractivity contribution in [3.63, 3.8) is 0 Å². The van der Waals surface area contributed by atoms with E-state index in [-0.39, 0.29) is 12.1 Å². The maximum Gasteiger partial charge on any atom is 0.220 e. The van der Waals surface area contributed by atoms with E-state index in [1.807, 2.05) is 18.2 Å². The molecule has 4 N–H and O–H groups in total. The molecule has 0 bridgehead atoms. The molecule has 0 saturated heterocycles. The van der Waals surface area contributed by atoms with Gasteiger partial charge in [-0.15, -0.1) is 0 Å². The molecule has 5 heteroatoms. The van der Waals surface area contributed by atoms with Gasteiger partial charge < -0.3 is 16.2 Å². The molecular formula is C13H14N4O. The second-order valence-electron chi connectivity index (χ2n) is 4.27. The molecule has 2 heterocycles. The van der Waals surface area contributed by atoms with Crippen molar-refractivity contribution in [2.75, 3.05) is 12.3 Å². The number of hydrogen-bond acceptors (Lipinski definition) is 5. The van der Waals surface area contributed by atoms with E-state index in [4.69, 9.17) is 16.2 Å². The van der Waals surface area contributed by atoms with Crippen LogP contribution in [0.3, 0.4) is 0 Å². The van der Waals surface area contributed by atoms with Gasteiger partial charge in [-0.2, -0.15) is 0 Å². The van der Waals surface area contributed by atoms with Crippen molar-refractivity contribution >= 4 is 5.95 Å². The number of nitrogens with zero attached hydrogens (tertiary/aromatic N) is 2. The fourth-order valence-corrected chi connectivity index (χ4v) is 2.20. The second-order valence-corrected chi connectivity index (χ2v) is 4.27. The number of hydrogen-bond donors (Lipinski definition) is 2. The molecule has 0 spiro atoms. The van der Waals surface area contributed by atoms with Gasteiger partial charge in [-0.05, 0) is 17.7 Å². The minimum Gasteiger partial charge on any atom is -0.488 e. The molecule has 0 fully saturated rings. The first-order valence-electron chi connectivity index (χ1n) is 5.85. The van der Waals surface area contributed by atoms with Crippen molar-refractivity contribution in [2.24, 2.45) is 5.73 Å². The number of anilines is 1. The Hall–Kier alpha value is -2.14. The summed E-state index contributed by atoms with van der Waals surface area (Å²) in [6.45, 7) is 0.514. The maximum absolute atomic E-state index is 5.86. The normalized spacial score (nSPS) is 17.3. The highest BCUT2D eigenvalue weighted by molar-refractivity contribution is 5.70. The average molecular weight is 242 g/mol. The van der Waals surface area contributed by atoms with Crippen LogP contribution in [0.4, 0.5) is 5.95 Å². The van der Waals surface area contributed by atoms with E-state index in [1.54, 1.807) is 6.20 Å². The van der Waals surface area contributed by atoms with Crippen molar-refractivity contribution in [3.8, 4) is 17.0 Å². The van der Waals surface area contributed by atoms with Gasteiger partial charge in [-0.1, -0.05) is 12.1 Å². The van der Waals surface area contributed by atoms with Gasteiger partial charge >= 0.3 is 0 Å². The molecule has 1 aliphatic rings. The summed E-state index contributed by atoms with van der Waals surface area (Å²) in [6.07, 6.45) is 2.55. The predicted molar refractivity (Wildman–Crippen MR) is 69.1 cm³/mol. The SMILES string of the molecule is NC[C@H]1Cc2cccc(-c3ccnc(N)n3)c2O1. The molecule has 0 radical (unpaired) electrons. The van der Waals surface area contributed by atoms with Crippen LogP contribution in [0.15, 0.2) is 30.5 Å². The third kappa shape index (κ3) is 1.78. The molecule has 1 aliphatic heterocycles. The van der Waals surface area contributed by atoms with Gasteiger partial charge in [0, 0.05) is 24.7 Å². The summed E-state index contributed by atoms with van der Waals surface area (Å²) in [5.41, 5.74) is 14.2. The monoisotopic (exact) mass is 242 g/mol. The summed E-state index contributed by atoms with van der Waals surface area (Å²) >= 11 is 0. The van der Waals surface area contributed by atoms with Gasteiger partial charge in [-0.3, -0.25) is 0 Å². The van der Waals surface area contributed by atoms with Crippen LogP contribution in [0.25, 0.3) is 11.3 Å². The van der Waals surface area contributed by atoms with E-state index in [9.17, 15) is 0 Å². The highest BCUT2D eigenvalue weighted by Crippen LogP contribution is 2.37. The van der Waals surface area contributed by atoms with Gasteiger partial charge in [-0.25, -0.2) is 9.97 Å². The maximum atomic E-state index is 5.86. The summed E-state index contributed by atoms with van der Waals surface area (Å²) < 4.78 is 5.86. The second kappa shape index (κ2) is 4.27. The molecule has 0 amide bonds. The first kappa shape index (κ1) is 11.0. The quantitative estimate of drug-likeness (QED) is 0.820. The Morgan fingerprint density at radius 2 is 2.22 bits per heavy atom. The number of benzene rings is 1. The molecule has 1 atom stereocenters. The molecule has 1 aromatic heterocycles. The van der Waals surface area contributed by atoms with Gasteiger partial charge in [0.15, 0.2) is 0 Å². The largest absolute Gasteiger partial charge is 0.488 e. The first-order chi connectivity index (χ1) is 8.78. The number of aromatic nitrogens is 2. The summed E-state index contributed by atoms with van der Waals surface area (Å²) in [7, 11) is 0. The van der Waals surface area contributed by atoms with E-state index < -0.39 is 0 Å². The van der Waals surface area contributed by atoms with E-state index in [1.165, 1.54) is 5.56 Å². The highest BCUT2D eigenvalue weighted by Gasteiger charge is 2.24. The lowest BCUT2D eigenvalue weighted by atomic mass is 10.0. The molecule has 92 valence electrons. The number of nitrogen functional groups attached to an aromatic ring is 1. The molecule has 18 heavy (non-hydrogen) atoms. The minimum absolute atomic E-state index is 0.0559. The molecule has 0 unspecified atom stereocenters. The molecule has 1 aromatic carbocycles. The predicted octanol–water partition coefficient (Wildman–Crippen LogP) is 0.988. The van der Waals surface area contributed by atoms with E-state index >= 15 is 0 Å². The van der Waals surface area contributed by atoms with Crippen molar-refractivity contribution in [2.45, 2.75) is 12.5 Å². The van der Waals surface area contributed by atoms with Crippen LogP contribution in [0.2, 0.25) is 0 Å². The molecule has 3 rings (SSSR count). The van der Waals surface area contributed by atoms with Crippen molar-refractivity contribution < 1.29 is 4.74 Å². The van der Waals surface area contributed by atoms with Gasteiger partial charge in [0.2, 0.25) is 5.95 Å². The van der Waals surface area contributed by atoms with Crippen molar-refractivity contribution in [3.05, 3.63) is 36.0 Å². The van der Waals surface area contributed by atoms with E-state index in [0.29, 0.717) is 6.54 Å². The smallest absolute Gasteiger partial charge is 0.220 e. The summed E-state index contributed by atoms with van der Waals surface area (Å²) in [4.78, 5) is 8.12. The van der Waals surface area contributed by atoms with Crippen LogP contribution in [0.1, 0.15) is 5.56 Å². The number of fused-ring (bicyclic) bond motifs is 1. The van der Waals surface area contributed by atoms with Gasteiger partial charge in [0.25, 0.3) is 0 Å². The minimum atomic E-state index is 0.0559. The van der Waals surface area contributed by atoms with Crippen molar-refractivity contribution in [1.82, 2.24) is 9.97 Å². The Morgan fingerprint density at radius 1 is 1.33 bits per heavy atom. The number of para-hydroxylation sites is 1. The summed E-state index contributed by atoms with van der Waals surface area (Å²) in [5, 5.41) is 0. The van der Waals surface area contributed by atoms with Crippen LogP contribution in [-0.2, 0) is 6.42 Å². The van der Waals surface area contributed by atoms with Crippen molar-refractivity contribution in [1.29, 1.82) is 0 Å². The average Bonchev–Trinajstić information content (AvgIpc) is 2.81. The van der Waals surface area contributed by atoms with Crippen LogP contribution >= 0.6 is 0 Å². The number of ether oxygens (including phenoxy) is 1. The van der Waals surface area contributed by atoms with Crippen LogP contribution in [0.5, 0.6) is 5.75 Å². The summed E-state index contributed by atoms with van der Waals surface area (Å²) in [5.74, 6) is 1.13. The van der Waals surface area contributed by atoms with Crippen LogP contribution < -0.4 is 16.2 Å². The Morgan fingerprint density at radius 3 is 3.00 bits per heavy atom. The molecule has 0 saturated carbocycles. The van der Waals surface area contributed by atoms with Crippen LogP contribution in [-0.4, -0.2) is 22.6 Å². The summed E-state index contributed by atoms with van der Waals surface area (Å²) in [6, 6.07) is 7.85. The zero-order valence-electron chi connectivity index (χ0n) is 9.84. The molecule has 5 nitrogen and oxygen atoms in total. The topological polar surface area (TPSA) is 87.0 Å². The Bertz CT molecular complexity index is 585. The Balaban J connectivity index is 2.08. The Labute approximate surface area is 105 Å². The number of rotatable bonds is 2. The third-order valence-electron chi connectivity index (χ3n) is 3.04. The lowest BCUT2D eigenvalue weighted by molar-refractivity contribution is 0.242. The van der Waals surface area contributed by atoms with Gasteiger partial charge in [0.05, 0.1) is 5.69 Å². The fourth-order valence-electron chi connectivity index (χ4n) is 2.20. The van der Waals surface area contributed by atoms with E-state index in [2.05, 4.69) is 16.0 Å². The van der Waals surface area contributed by atoms with Gasteiger partial charge in [0.1, 0.15) is 11.9 Å². The molecule has 2 aromatic rings. The zero-order valence-corrected chi connectivity index (χ0v) is 9.84.